The van der Waals surface area contributed by atoms with Gasteiger partial charge in [0.25, 0.3) is 0 Å². The third-order valence-electron chi connectivity index (χ3n) is 2.76. The smallest absolute Gasteiger partial charge is 0.133 e. The summed E-state index contributed by atoms with van der Waals surface area (Å²) in [5.74, 6) is 3.89. The molecule has 0 radical (unpaired) electrons. The van der Waals surface area contributed by atoms with Crippen LogP contribution in [0.1, 0.15) is 39.4 Å². The van der Waals surface area contributed by atoms with Crippen LogP contribution >= 0.6 is 0 Å². The summed E-state index contributed by atoms with van der Waals surface area (Å²) >= 11 is 0. The Kier molecular flexibility index (Phi) is 8.18. The highest BCUT2D eigenvalue weighted by molar-refractivity contribution is 7.84. The van der Waals surface area contributed by atoms with E-state index >= 15 is 0 Å². The Labute approximate surface area is 124 Å². The average Bonchev–Trinajstić information content (AvgIpc) is 2.45. The zero-order chi connectivity index (χ0) is 14.8. The Hall–Kier alpha value is -1.17. The maximum Gasteiger partial charge on any atom is 0.133 e. The molecule has 0 aliphatic carbocycles. The number of hydrogen-bond acceptors (Lipinski definition) is 5. The van der Waals surface area contributed by atoms with Crippen LogP contribution in [0.5, 0.6) is 0 Å². The lowest BCUT2D eigenvalue weighted by Gasteiger charge is -2.10. The van der Waals surface area contributed by atoms with Gasteiger partial charge in [-0.15, -0.1) is 0 Å². The lowest BCUT2D eigenvalue weighted by Crippen LogP contribution is -2.14. The molecule has 6 heteroatoms. The zero-order valence-corrected chi connectivity index (χ0v) is 13.6. The summed E-state index contributed by atoms with van der Waals surface area (Å²) in [6, 6.07) is 1.92. The number of anilines is 2. The van der Waals surface area contributed by atoms with Crippen molar-refractivity contribution in [2.75, 3.05) is 35.2 Å². The minimum atomic E-state index is -0.741. The maximum absolute atomic E-state index is 11.4. The lowest BCUT2D eigenvalue weighted by molar-refractivity contribution is 0.684. The molecule has 0 aliphatic heterocycles. The molecule has 0 saturated heterocycles. The fourth-order valence-electron chi connectivity index (χ4n) is 1.70. The summed E-state index contributed by atoms with van der Waals surface area (Å²) in [5, 5.41) is 6.53. The predicted molar refractivity (Wildman–Crippen MR) is 86.8 cm³/mol. The second kappa shape index (κ2) is 9.69. The van der Waals surface area contributed by atoms with E-state index in [9.17, 15) is 4.21 Å². The number of aromatic nitrogens is 2. The molecular weight excluding hydrogens is 272 g/mol. The Morgan fingerprint density at radius 3 is 2.25 bits per heavy atom. The maximum atomic E-state index is 11.4. The fraction of sp³-hybridized carbons (Fsp3) is 0.714. The number of nitrogens with zero attached hydrogens (tertiary/aromatic N) is 2. The second-order valence-corrected chi connectivity index (χ2v) is 6.46. The molecule has 1 heterocycles. The van der Waals surface area contributed by atoms with E-state index in [2.05, 4.69) is 34.4 Å². The monoisotopic (exact) mass is 298 g/mol. The molecule has 114 valence electrons. The van der Waals surface area contributed by atoms with E-state index < -0.39 is 10.8 Å². The zero-order valence-electron chi connectivity index (χ0n) is 12.7. The SMILES string of the molecule is CCCNc1cc(NCCS(=O)CC)nc(CCC)n1. The summed E-state index contributed by atoms with van der Waals surface area (Å²) in [4.78, 5) is 8.99. The Morgan fingerprint density at radius 2 is 1.70 bits per heavy atom. The Bertz CT molecular complexity index is 426. The molecular formula is C14H26N4OS. The van der Waals surface area contributed by atoms with E-state index in [1.807, 2.05) is 13.0 Å². The number of aryl methyl sites for hydroxylation is 1. The van der Waals surface area contributed by atoms with Crippen molar-refractivity contribution in [3.63, 3.8) is 0 Å². The Morgan fingerprint density at radius 1 is 1.05 bits per heavy atom. The van der Waals surface area contributed by atoms with E-state index in [0.29, 0.717) is 18.1 Å². The molecule has 1 aromatic heterocycles. The molecule has 0 amide bonds. The largest absolute Gasteiger partial charge is 0.370 e. The molecule has 0 bridgehead atoms. The van der Waals surface area contributed by atoms with Crippen LogP contribution in [-0.4, -0.2) is 38.8 Å². The van der Waals surface area contributed by atoms with Gasteiger partial charge in [0.15, 0.2) is 0 Å². The average molecular weight is 298 g/mol. The normalized spacial score (nSPS) is 12.2. The van der Waals surface area contributed by atoms with Gasteiger partial charge in [-0.3, -0.25) is 4.21 Å². The summed E-state index contributed by atoms with van der Waals surface area (Å²) in [5.41, 5.74) is 0. The van der Waals surface area contributed by atoms with Gasteiger partial charge in [-0.1, -0.05) is 20.8 Å². The third kappa shape index (κ3) is 6.32. The van der Waals surface area contributed by atoms with E-state index in [4.69, 9.17) is 0 Å². The van der Waals surface area contributed by atoms with E-state index in [-0.39, 0.29) is 0 Å². The first kappa shape index (κ1) is 16.9. The van der Waals surface area contributed by atoms with Gasteiger partial charge in [-0.05, 0) is 12.8 Å². The van der Waals surface area contributed by atoms with Crippen LogP contribution in [0.3, 0.4) is 0 Å². The summed E-state index contributed by atoms with van der Waals surface area (Å²) in [6.07, 6.45) is 2.96. The van der Waals surface area contributed by atoms with E-state index in [1.165, 1.54) is 0 Å². The summed E-state index contributed by atoms with van der Waals surface area (Å²) < 4.78 is 11.4. The first-order chi connectivity index (χ1) is 9.69. The molecule has 0 aromatic carbocycles. The van der Waals surface area contributed by atoms with Gasteiger partial charge >= 0.3 is 0 Å². The molecule has 1 rings (SSSR count). The second-order valence-electron chi connectivity index (χ2n) is 4.59. The van der Waals surface area contributed by atoms with Crippen molar-refractivity contribution in [3.05, 3.63) is 11.9 Å². The van der Waals surface area contributed by atoms with E-state index in [0.717, 1.165) is 43.3 Å². The number of rotatable bonds is 10. The van der Waals surface area contributed by atoms with Crippen molar-refractivity contribution in [1.82, 2.24) is 9.97 Å². The predicted octanol–water partition coefficient (Wildman–Crippen LogP) is 2.43. The van der Waals surface area contributed by atoms with E-state index in [1.54, 1.807) is 0 Å². The lowest BCUT2D eigenvalue weighted by atomic mass is 10.3. The van der Waals surface area contributed by atoms with Crippen LogP contribution in [0.4, 0.5) is 11.6 Å². The van der Waals surface area contributed by atoms with Gasteiger partial charge in [-0.25, -0.2) is 9.97 Å². The highest BCUT2D eigenvalue weighted by Crippen LogP contribution is 2.12. The number of hydrogen-bond donors (Lipinski definition) is 2. The standard InChI is InChI=1S/C14H26N4OS/c1-4-7-12-17-13(15-8-5-2)11-14(18-12)16-9-10-20(19)6-3/h11H,4-10H2,1-3H3,(H2,15,16,17,18). The van der Waals surface area contributed by atoms with Gasteiger partial charge in [0, 0.05) is 47.9 Å². The first-order valence-electron chi connectivity index (χ1n) is 7.40. The van der Waals surface area contributed by atoms with Crippen LogP contribution in [-0.2, 0) is 17.2 Å². The molecule has 1 unspecified atom stereocenters. The molecule has 5 nitrogen and oxygen atoms in total. The fourth-order valence-corrected chi connectivity index (χ4v) is 2.32. The van der Waals surface area contributed by atoms with Crippen LogP contribution in [0, 0.1) is 0 Å². The molecule has 0 fully saturated rings. The summed E-state index contributed by atoms with van der Waals surface area (Å²) in [7, 11) is -0.741. The molecule has 1 atom stereocenters. The van der Waals surface area contributed by atoms with Crippen molar-refractivity contribution in [2.45, 2.75) is 40.0 Å². The van der Waals surface area contributed by atoms with Crippen molar-refractivity contribution in [1.29, 1.82) is 0 Å². The van der Waals surface area contributed by atoms with Crippen molar-refractivity contribution >= 4 is 22.4 Å². The highest BCUT2D eigenvalue weighted by atomic mass is 32.2. The minimum Gasteiger partial charge on any atom is -0.370 e. The third-order valence-corrected chi connectivity index (χ3v) is 4.06. The molecule has 0 aliphatic rings. The first-order valence-corrected chi connectivity index (χ1v) is 8.89. The van der Waals surface area contributed by atoms with Crippen LogP contribution in [0.25, 0.3) is 0 Å². The molecule has 20 heavy (non-hydrogen) atoms. The Balaban J connectivity index is 2.66. The van der Waals surface area contributed by atoms with Gasteiger partial charge in [0.05, 0.1) is 0 Å². The summed E-state index contributed by atoms with van der Waals surface area (Å²) in [6.45, 7) is 7.76. The van der Waals surface area contributed by atoms with Crippen LogP contribution in [0.15, 0.2) is 6.07 Å². The molecule has 1 aromatic rings. The van der Waals surface area contributed by atoms with Gasteiger partial charge in [0.2, 0.25) is 0 Å². The molecule has 0 saturated carbocycles. The quantitative estimate of drug-likeness (QED) is 0.694. The van der Waals surface area contributed by atoms with Gasteiger partial charge < -0.3 is 10.6 Å². The highest BCUT2D eigenvalue weighted by Gasteiger charge is 2.04. The number of nitrogens with one attached hydrogen (secondary N) is 2. The van der Waals surface area contributed by atoms with Crippen molar-refractivity contribution in [2.24, 2.45) is 0 Å². The van der Waals surface area contributed by atoms with Crippen molar-refractivity contribution < 1.29 is 4.21 Å². The minimum absolute atomic E-state index is 0.654. The van der Waals surface area contributed by atoms with Crippen LogP contribution < -0.4 is 10.6 Å². The topological polar surface area (TPSA) is 66.9 Å². The van der Waals surface area contributed by atoms with Gasteiger partial charge in [-0.2, -0.15) is 0 Å². The molecule has 2 N–H and O–H groups in total. The van der Waals surface area contributed by atoms with Crippen LogP contribution in [0.2, 0.25) is 0 Å². The van der Waals surface area contributed by atoms with Crippen molar-refractivity contribution in [3.8, 4) is 0 Å². The van der Waals surface area contributed by atoms with Gasteiger partial charge in [0.1, 0.15) is 17.5 Å². The molecule has 0 spiro atoms.